The Morgan fingerprint density at radius 1 is 1.29 bits per heavy atom. The van der Waals surface area contributed by atoms with E-state index in [1.165, 1.54) is 0 Å². The lowest BCUT2D eigenvalue weighted by Gasteiger charge is -2.24. The third-order valence-corrected chi connectivity index (χ3v) is 4.58. The molecule has 0 saturated heterocycles. The summed E-state index contributed by atoms with van der Waals surface area (Å²) in [6, 6.07) is 5.50. The molecule has 0 atom stereocenters. The van der Waals surface area contributed by atoms with Crippen molar-refractivity contribution in [2.24, 2.45) is 5.92 Å². The second-order valence-electron chi connectivity index (χ2n) is 5.28. The molecular weight excluding hydrogens is 330 g/mol. The normalized spacial score (nSPS) is 11.2. The fourth-order valence-electron chi connectivity index (χ4n) is 2.35. The minimum Gasteiger partial charge on any atom is -0.496 e. The first-order chi connectivity index (χ1) is 10.0. The number of halogens is 1. The van der Waals surface area contributed by atoms with Gasteiger partial charge in [0.1, 0.15) is 5.75 Å². The van der Waals surface area contributed by atoms with Gasteiger partial charge in [0.25, 0.3) is 0 Å². The van der Waals surface area contributed by atoms with Crippen LogP contribution in [-0.2, 0) is 0 Å². The maximum atomic E-state index is 12.4. The number of hydrogen-bond acceptors (Lipinski definition) is 3. The summed E-state index contributed by atoms with van der Waals surface area (Å²) < 4.78 is 6.01. The Kier molecular flexibility index (Phi) is 7.97. The largest absolute Gasteiger partial charge is 0.496 e. The highest BCUT2D eigenvalue weighted by Gasteiger charge is 2.15. The molecular formula is C17H26BrNO2. The Morgan fingerprint density at radius 2 is 1.95 bits per heavy atom. The van der Waals surface area contributed by atoms with Crippen molar-refractivity contribution in [2.75, 3.05) is 26.7 Å². The number of ether oxygens (including phenoxy) is 1. The van der Waals surface area contributed by atoms with Crippen LogP contribution in [0.4, 0.5) is 0 Å². The highest BCUT2D eigenvalue weighted by Crippen LogP contribution is 2.25. The second-order valence-corrected chi connectivity index (χ2v) is 6.14. The molecule has 1 rings (SSSR count). The average Bonchev–Trinajstić information content (AvgIpc) is 2.50. The van der Waals surface area contributed by atoms with Crippen molar-refractivity contribution < 1.29 is 9.53 Å². The SMILES string of the molecule is CCC(CC)CN(CC)CC(=O)c1ccc(OC)c(Br)c1. The quantitative estimate of drug-likeness (QED) is 0.615. The van der Waals surface area contributed by atoms with Gasteiger partial charge in [-0.15, -0.1) is 0 Å². The number of nitrogens with zero attached hydrogens (tertiary/aromatic N) is 1. The van der Waals surface area contributed by atoms with E-state index in [2.05, 4.69) is 41.6 Å². The van der Waals surface area contributed by atoms with E-state index in [4.69, 9.17) is 4.74 Å². The topological polar surface area (TPSA) is 29.5 Å². The number of methoxy groups -OCH3 is 1. The zero-order valence-electron chi connectivity index (χ0n) is 13.5. The van der Waals surface area contributed by atoms with Gasteiger partial charge < -0.3 is 4.74 Å². The summed E-state index contributed by atoms with van der Waals surface area (Å²) in [5.74, 6) is 1.57. The maximum Gasteiger partial charge on any atom is 0.176 e. The van der Waals surface area contributed by atoms with E-state index in [1.807, 2.05) is 18.2 Å². The Bertz CT molecular complexity index is 458. The van der Waals surface area contributed by atoms with Gasteiger partial charge in [0.2, 0.25) is 0 Å². The summed E-state index contributed by atoms with van der Waals surface area (Å²) >= 11 is 3.43. The van der Waals surface area contributed by atoms with E-state index < -0.39 is 0 Å². The molecule has 0 heterocycles. The Balaban J connectivity index is 2.72. The summed E-state index contributed by atoms with van der Waals surface area (Å²) in [6.07, 6.45) is 2.32. The first kappa shape index (κ1) is 18.2. The number of hydrogen-bond donors (Lipinski definition) is 0. The van der Waals surface area contributed by atoms with E-state index in [9.17, 15) is 4.79 Å². The molecule has 0 bridgehead atoms. The highest BCUT2D eigenvalue weighted by atomic mass is 79.9. The molecule has 0 aliphatic rings. The molecule has 1 aromatic carbocycles. The van der Waals surface area contributed by atoms with Crippen molar-refractivity contribution in [1.82, 2.24) is 4.90 Å². The van der Waals surface area contributed by atoms with E-state index in [0.29, 0.717) is 12.5 Å². The Hall–Kier alpha value is -0.870. The molecule has 118 valence electrons. The number of likely N-dealkylation sites (N-methyl/N-ethyl adjacent to an activating group) is 1. The van der Waals surface area contributed by atoms with Crippen molar-refractivity contribution in [3.05, 3.63) is 28.2 Å². The van der Waals surface area contributed by atoms with Crippen molar-refractivity contribution in [3.63, 3.8) is 0 Å². The number of ketones is 1. The molecule has 0 spiro atoms. The molecule has 0 aliphatic carbocycles. The van der Waals surface area contributed by atoms with Gasteiger partial charge in [-0.25, -0.2) is 0 Å². The first-order valence-corrected chi connectivity index (χ1v) is 8.43. The summed E-state index contributed by atoms with van der Waals surface area (Å²) in [7, 11) is 1.62. The Labute approximate surface area is 136 Å². The van der Waals surface area contributed by atoms with Crippen LogP contribution in [0.15, 0.2) is 22.7 Å². The van der Waals surface area contributed by atoms with Crippen molar-refractivity contribution in [2.45, 2.75) is 33.6 Å². The molecule has 4 heteroatoms. The zero-order chi connectivity index (χ0) is 15.8. The lowest BCUT2D eigenvalue weighted by Crippen LogP contribution is -2.34. The predicted octanol–water partition coefficient (Wildman–Crippen LogP) is 4.40. The van der Waals surface area contributed by atoms with Gasteiger partial charge in [-0.3, -0.25) is 9.69 Å². The summed E-state index contributed by atoms with van der Waals surface area (Å²) in [4.78, 5) is 14.7. The fraction of sp³-hybridized carbons (Fsp3) is 0.588. The zero-order valence-corrected chi connectivity index (χ0v) is 15.1. The third kappa shape index (κ3) is 5.44. The number of carbonyl (C=O) groups excluding carboxylic acids is 1. The summed E-state index contributed by atoms with van der Waals surface area (Å²) in [5, 5.41) is 0. The van der Waals surface area contributed by atoms with Crippen LogP contribution in [0.2, 0.25) is 0 Å². The molecule has 0 aromatic heterocycles. The molecule has 0 radical (unpaired) electrons. The van der Waals surface area contributed by atoms with Gasteiger partial charge in [0.15, 0.2) is 5.78 Å². The molecule has 0 unspecified atom stereocenters. The van der Waals surface area contributed by atoms with Gasteiger partial charge in [-0.05, 0) is 46.6 Å². The number of Topliss-reactive ketones (excluding diaryl/α,β-unsaturated/α-hetero) is 1. The predicted molar refractivity (Wildman–Crippen MR) is 91.2 cm³/mol. The van der Waals surface area contributed by atoms with Crippen molar-refractivity contribution in [3.8, 4) is 5.75 Å². The van der Waals surface area contributed by atoms with Crippen LogP contribution in [0, 0.1) is 5.92 Å². The van der Waals surface area contributed by atoms with Crippen molar-refractivity contribution >= 4 is 21.7 Å². The van der Waals surface area contributed by atoms with Crippen LogP contribution in [0.1, 0.15) is 44.0 Å². The maximum absolute atomic E-state index is 12.4. The van der Waals surface area contributed by atoms with E-state index in [1.54, 1.807) is 7.11 Å². The molecule has 0 saturated carbocycles. The lowest BCUT2D eigenvalue weighted by atomic mass is 10.0. The fourth-order valence-corrected chi connectivity index (χ4v) is 2.89. The molecule has 0 aliphatic heterocycles. The van der Waals surface area contributed by atoms with Gasteiger partial charge in [-0.1, -0.05) is 33.6 Å². The molecule has 1 aromatic rings. The van der Waals surface area contributed by atoms with Gasteiger partial charge >= 0.3 is 0 Å². The van der Waals surface area contributed by atoms with Crippen molar-refractivity contribution in [1.29, 1.82) is 0 Å². The monoisotopic (exact) mass is 355 g/mol. The van der Waals surface area contributed by atoms with E-state index in [0.717, 1.165) is 41.7 Å². The molecule has 21 heavy (non-hydrogen) atoms. The van der Waals surface area contributed by atoms with Crippen LogP contribution in [0.5, 0.6) is 5.75 Å². The minimum atomic E-state index is 0.158. The number of carbonyl (C=O) groups is 1. The standard InChI is InChI=1S/C17H26BrNO2/c1-5-13(6-2)11-19(7-3)12-16(20)14-8-9-17(21-4)15(18)10-14/h8-10,13H,5-7,11-12H2,1-4H3. The number of benzene rings is 1. The molecule has 0 fully saturated rings. The third-order valence-electron chi connectivity index (χ3n) is 3.96. The van der Waals surface area contributed by atoms with Crippen LogP contribution < -0.4 is 4.74 Å². The molecule has 0 N–H and O–H groups in total. The average molecular weight is 356 g/mol. The van der Waals surface area contributed by atoms with Crippen LogP contribution in [-0.4, -0.2) is 37.4 Å². The second kappa shape index (κ2) is 9.21. The van der Waals surface area contributed by atoms with Crippen LogP contribution in [0.3, 0.4) is 0 Å². The molecule has 3 nitrogen and oxygen atoms in total. The first-order valence-electron chi connectivity index (χ1n) is 7.64. The van der Waals surface area contributed by atoms with Crippen LogP contribution >= 0.6 is 15.9 Å². The smallest absolute Gasteiger partial charge is 0.176 e. The highest BCUT2D eigenvalue weighted by molar-refractivity contribution is 9.10. The summed E-state index contributed by atoms with van der Waals surface area (Å²) in [6.45, 7) is 8.91. The Morgan fingerprint density at radius 3 is 2.43 bits per heavy atom. The summed E-state index contributed by atoms with van der Waals surface area (Å²) in [5.41, 5.74) is 0.727. The van der Waals surface area contributed by atoms with Crippen LogP contribution in [0.25, 0.3) is 0 Å². The van der Waals surface area contributed by atoms with E-state index >= 15 is 0 Å². The van der Waals surface area contributed by atoms with E-state index in [-0.39, 0.29) is 5.78 Å². The van der Waals surface area contributed by atoms with Gasteiger partial charge in [-0.2, -0.15) is 0 Å². The minimum absolute atomic E-state index is 0.158. The number of rotatable bonds is 9. The van der Waals surface area contributed by atoms with Gasteiger partial charge in [0.05, 0.1) is 18.1 Å². The molecule has 0 amide bonds. The van der Waals surface area contributed by atoms with Gasteiger partial charge in [0, 0.05) is 12.1 Å². The lowest BCUT2D eigenvalue weighted by molar-refractivity contribution is 0.0920.